The van der Waals surface area contributed by atoms with Crippen LogP contribution in [-0.4, -0.2) is 35.6 Å². The monoisotopic (exact) mass is 357 g/mol. The van der Waals surface area contributed by atoms with Crippen molar-refractivity contribution in [1.29, 1.82) is 0 Å². The summed E-state index contributed by atoms with van der Waals surface area (Å²) in [7, 11) is -4.15. The van der Waals surface area contributed by atoms with E-state index in [2.05, 4.69) is 49.3 Å². The van der Waals surface area contributed by atoms with E-state index in [1.807, 2.05) is 18.2 Å². The molecule has 132 valence electrons. The van der Waals surface area contributed by atoms with Crippen molar-refractivity contribution in [3.63, 3.8) is 0 Å². The highest BCUT2D eigenvalue weighted by atomic mass is 32.2. The lowest BCUT2D eigenvalue weighted by Gasteiger charge is -2.17. The molecule has 4 nitrogen and oxygen atoms in total. The molecule has 0 bridgehead atoms. The van der Waals surface area contributed by atoms with E-state index in [4.69, 9.17) is 0 Å². The van der Waals surface area contributed by atoms with E-state index in [0.717, 1.165) is 11.4 Å². The van der Waals surface area contributed by atoms with Crippen molar-refractivity contribution in [1.82, 2.24) is 0 Å². The molecule has 3 rings (SSSR count). The summed E-state index contributed by atoms with van der Waals surface area (Å²) in [6, 6.07) is 12.6. The van der Waals surface area contributed by atoms with Crippen LogP contribution in [-0.2, 0) is 15.5 Å². The van der Waals surface area contributed by atoms with Crippen molar-refractivity contribution >= 4 is 32.3 Å². The molecule has 0 amide bonds. The fourth-order valence-corrected chi connectivity index (χ4v) is 4.45. The fraction of sp³-hybridized carbons (Fsp3) is 0.350. The first kappa shape index (κ1) is 17.8. The third kappa shape index (κ3) is 3.26. The zero-order valence-corrected chi connectivity index (χ0v) is 15.5. The third-order valence-electron chi connectivity index (χ3n) is 4.97. The Bertz CT molecular complexity index is 972. The Hall–Kier alpha value is -1.98. The summed E-state index contributed by atoms with van der Waals surface area (Å²) >= 11 is 0. The van der Waals surface area contributed by atoms with Crippen LogP contribution in [0.1, 0.15) is 32.3 Å². The van der Waals surface area contributed by atoms with Gasteiger partial charge in [-0.2, -0.15) is 4.58 Å². The van der Waals surface area contributed by atoms with Crippen LogP contribution >= 0.6 is 0 Å². The topological polar surface area (TPSA) is 60.2 Å². The Morgan fingerprint density at radius 1 is 1.16 bits per heavy atom. The highest BCUT2D eigenvalue weighted by Gasteiger charge is 2.44. The number of benzene rings is 2. The average Bonchev–Trinajstić information content (AvgIpc) is 2.77. The number of fused-ring (bicyclic) bond motifs is 3. The molecule has 0 saturated heterocycles. The Morgan fingerprint density at radius 2 is 1.88 bits per heavy atom. The molecule has 1 heterocycles. The molecule has 0 aliphatic carbocycles. The summed E-state index contributed by atoms with van der Waals surface area (Å²) in [6.45, 7) is 9.05. The average molecular weight is 357 g/mol. The maximum Gasteiger partial charge on any atom is 0.210 e. The van der Waals surface area contributed by atoms with E-state index < -0.39 is 10.1 Å². The van der Waals surface area contributed by atoms with Gasteiger partial charge in [-0.1, -0.05) is 30.8 Å². The van der Waals surface area contributed by atoms with Crippen molar-refractivity contribution in [2.45, 2.75) is 32.1 Å². The number of hydrogen-bond donors (Lipinski definition) is 0. The quantitative estimate of drug-likeness (QED) is 0.450. The Kier molecular flexibility index (Phi) is 4.56. The minimum absolute atomic E-state index is 0.178. The predicted octanol–water partition coefficient (Wildman–Crippen LogP) is 3.73. The van der Waals surface area contributed by atoms with Crippen LogP contribution in [0.15, 0.2) is 49.1 Å². The molecule has 5 heteroatoms. The molecule has 0 atom stereocenters. The highest BCUT2D eigenvalue weighted by molar-refractivity contribution is 7.85. The largest absolute Gasteiger partial charge is 0.748 e. The van der Waals surface area contributed by atoms with Crippen LogP contribution < -0.4 is 0 Å². The second kappa shape index (κ2) is 6.39. The van der Waals surface area contributed by atoms with E-state index >= 15 is 0 Å². The standard InChI is InChI=1S/C20H23NO3S/c1-4-18-20(2,3)19-16-10-6-5-9-15(16)11-12-17(19)21(18)13-7-8-14-25(22,23)24/h4-6,9-12H,1,7-8,13-14H2,2-3H3. The number of nitrogens with zero attached hydrogens (tertiary/aromatic N) is 1. The number of rotatable bonds is 6. The van der Waals surface area contributed by atoms with Crippen LogP contribution in [0, 0.1) is 0 Å². The molecule has 0 spiro atoms. The van der Waals surface area contributed by atoms with Crippen molar-refractivity contribution in [3.05, 3.63) is 54.6 Å². The molecular weight excluding hydrogens is 334 g/mol. The van der Waals surface area contributed by atoms with Gasteiger partial charge < -0.3 is 4.55 Å². The lowest BCUT2D eigenvalue weighted by Crippen LogP contribution is -2.28. The second-order valence-corrected chi connectivity index (χ2v) is 8.54. The Balaban J connectivity index is 2.00. The van der Waals surface area contributed by atoms with Crippen molar-refractivity contribution < 1.29 is 17.5 Å². The second-order valence-electron chi connectivity index (χ2n) is 7.02. The first-order chi connectivity index (χ1) is 11.8. The van der Waals surface area contributed by atoms with Crippen LogP contribution in [0.5, 0.6) is 0 Å². The van der Waals surface area contributed by atoms with Gasteiger partial charge in [0.2, 0.25) is 5.69 Å². The van der Waals surface area contributed by atoms with E-state index in [-0.39, 0.29) is 11.2 Å². The number of allylic oxidation sites excluding steroid dienone is 1. The smallest absolute Gasteiger partial charge is 0.210 e. The molecule has 0 unspecified atom stereocenters. The number of unbranched alkanes of at least 4 members (excludes halogenated alkanes) is 1. The van der Waals surface area contributed by atoms with E-state index in [0.29, 0.717) is 19.4 Å². The molecule has 0 N–H and O–H groups in total. The highest BCUT2D eigenvalue weighted by Crippen LogP contribution is 2.44. The summed E-state index contributed by atoms with van der Waals surface area (Å²) in [4.78, 5) is 0. The molecule has 1 aliphatic heterocycles. The van der Waals surface area contributed by atoms with Crippen LogP contribution in [0.4, 0.5) is 5.69 Å². The lowest BCUT2D eigenvalue weighted by molar-refractivity contribution is -0.438. The first-order valence-corrected chi connectivity index (χ1v) is 10.1. The fourth-order valence-electron chi connectivity index (χ4n) is 3.89. The van der Waals surface area contributed by atoms with Gasteiger partial charge in [0, 0.05) is 23.8 Å². The van der Waals surface area contributed by atoms with Gasteiger partial charge in [0.1, 0.15) is 6.54 Å². The molecule has 2 aromatic carbocycles. The van der Waals surface area contributed by atoms with Gasteiger partial charge >= 0.3 is 0 Å². The predicted molar refractivity (Wildman–Crippen MR) is 101 cm³/mol. The van der Waals surface area contributed by atoms with E-state index in [1.54, 1.807) is 0 Å². The Labute approximate surface area is 149 Å². The van der Waals surface area contributed by atoms with Gasteiger partial charge in [0.15, 0.2) is 5.71 Å². The maximum absolute atomic E-state index is 10.8. The maximum atomic E-state index is 10.8. The van der Waals surface area contributed by atoms with Gasteiger partial charge in [-0.15, -0.1) is 0 Å². The van der Waals surface area contributed by atoms with E-state index in [9.17, 15) is 13.0 Å². The van der Waals surface area contributed by atoms with Gasteiger partial charge in [-0.25, -0.2) is 8.42 Å². The first-order valence-electron chi connectivity index (χ1n) is 8.49. The van der Waals surface area contributed by atoms with Crippen molar-refractivity contribution in [2.75, 3.05) is 12.3 Å². The van der Waals surface area contributed by atoms with Gasteiger partial charge in [0.25, 0.3) is 0 Å². The zero-order valence-electron chi connectivity index (χ0n) is 14.7. The van der Waals surface area contributed by atoms with Crippen LogP contribution in [0.2, 0.25) is 0 Å². The minimum atomic E-state index is -4.15. The summed E-state index contributed by atoms with van der Waals surface area (Å²) in [6.07, 6.45) is 2.90. The SMILES string of the molecule is C=CC1=[N+](CCCCS(=O)(=O)[O-])c2ccc3ccccc3c2C1(C)C. The van der Waals surface area contributed by atoms with E-state index in [1.165, 1.54) is 16.3 Å². The van der Waals surface area contributed by atoms with Crippen molar-refractivity contribution in [2.24, 2.45) is 0 Å². The summed E-state index contributed by atoms with van der Waals surface area (Å²) < 4.78 is 34.6. The number of hydrogen-bond acceptors (Lipinski definition) is 3. The molecule has 0 saturated carbocycles. The molecule has 0 fully saturated rings. The summed E-state index contributed by atoms with van der Waals surface area (Å²) in [5.41, 5.74) is 3.35. The molecular formula is C20H23NO3S. The van der Waals surface area contributed by atoms with Crippen LogP contribution in [0.25, 0.3) is 10.8 Å². The summed E-state index contributed by atoms with van der Waals surface area (Å²) in [5.74, 6) is -0.307. The molecule has 1 aliphatic rings. The minimum Gasteiger partial charge on any atom is -0.748 e. The lowest BCUT2D eigenvalue weighted by atomic mass is 9.79. The van der Waals surface area contributed by atoms with Gasteiger partial charge in [0.05, 0.1) is 15.5 Å². The molecule has 25 heavy (non-hydrogen) atoms. The van der Waals surface area contributed by atoms with Gasteiger partial charge in [-0.3, -0.25) is 0 Å². The summed E-state index contributed by atoms with van der Waals surface area (Å²) in [5, 5.41) is 2.44. The molecule has 2 aromatic rings. The van der Waals surface area contributed by atoms with Gasteiger partial charge in [-0.05, 0) is 43.2 Å². The normalized spacial score (nSPS) is 16.3. The van der Waals surface area contributed by atoms with Crippen molar-refractivity contribution in [3.8, 4) is 0 Å². The Morgan fingerprint density at radius 3 is 2.56 bits per heavy atom. The third-order valence-corrected chi connectivity index (χ3v) is 5.76. The zero-order chi connectivity index (χ0) is 18.2. The molecule has 0 radical (unpaired) electrons. The van der Waals surface area contributed by atoms with Crippen LogP contribution in [0.3, 0.4) is 0 Å². The molecule has 0 aromatic heterocycles.